The monoisotopic (exact) mass is 454 g/mol. The number of ether oxygens (including phenoxy) is 2. The van der Waals surface area contributed by atoms with Gasteiger partial charge < -0.3 is 9.47 Å². The van der Waals surface area contributed by atoms with Crippen LogP contribution in [0.1, 0.15) is 97.0 Å². The highest BCUT2D eigenvalue weighted by atomic mass is 16.5. The molecule has 1 heterocycles. The lowest BCUT2D eigenvalue weighted by atomic mass is 9.96. The first-order valence-electron chi connectivity index (χ1n) is 12.7. The predicted molar refractivity (Wildman–Crippen MR) is 134 cm³/mol. The van der Waals surface area contributed by atoms with E-state index >= 15 is 0 Å². The Bertz CT molecular complexity index is 790. The van der Waals surface area contributed by atoms with Gasteiger partial charge in [-0.05, 0) is 23.8 Å². The SMILES string of the molecule is CCCCCCCCCOc1cnc(-c2ccc(C(C)CC(=O)OCC(C)CC)cc2)nc1. The van der Waals surface area contributed by atoms with Crippen LogP contribution in [0.2, 0.25) is 0 Å². The molecule has 0 N–H and O–H groups in total. The molecule has 0 aliphatic heterocycles. The molecule has 0 saturated carbocycles. The summed E-state index contributed by atoms with van der Waals surface area (Å²) in [6, 6.07) is 8.09. The smallest absolute Gasteiger partial charge is 0.306 e. The van der Waals surface area contributed by atoms with Crippen molar-refractivity contribution in [2.24, 2.45) is 5.92 Å². The van der Waals surface area contributed by atoms with Gasteiger partial charge in [-0.15, -0.1) is 0 Å². The fraction of sp³-hybridized carbons (Fsp3) is 0.607. The van der Waals surface area contributed by atoms with Gasteiger partial charge in [-0.3, -0.25) is 4.79 Å². The van der Waals surface area contributed by atoms with Gasteiger partial charge >= 0.3 is 5.97 Å². The first kappa shape index (κ1) is 26.8. The van der Waals surface area contributed by atoms with Crippen LogP contribution in [0.25, 0.3) is 11.4 Å². The lowest BCUT2D eigenvalue weighted by Gasteiger charge is -2.14. The van der Waals surface area contributed by atoms with Crippen molar-refractivity contribution >= 4 is 5.97 Å². The normalized spacial score (nSPS) is 12.8. The number of hydrogen-bond acceptors (Lipinski definition) is 5. The first-order chi connectivity index (χ1) is 16.0. The van der Waals surface area contributed by atoms with Crippen LogP contribution in [0.5, 0.6) is 5.75 Å². The van der Waals surface area contributed by atoms with E-state index < -0.39 is 0 Å². The minimum atomic E-state index is -0.137. The highest BCUT2D eigenvalue weighted by Gasteiger charge is 2.14. The summed E-state index contributed by atoms with van der Waals surface area (Å²) in [7, 11) is 0. The molecule has 0 bridgehead atoms. The van der Waals surface area contributed by atoms with Crippen molar-refractivity contribution < 1.29 is 14.3 Å². The zero-order chi connectivity index (χ0) is 23.9. The number of carbonyl (C=O) groups is 1. The van der Waals surface area contributed by atoms with Gasteiger partial charge in [0.25, 0.3) is 0 Å². The lowest BCUT2D eigenvalue weighted by molar-refractivity contribution is -0.145. The number of aromatic nitrogens is 2. The molecule has 0 aliphatic rings. The van der Waals surface area contributed by atoms with Gasteiger partial charge in [0.2, 0.25) is 0 Å². The second-order valence-corrected chi connectivity index (χ2v) is 9.14. The Morgan fingerprint density at radius 1 is 0.909 bits per heavy atom. The number of unbranched alkanes of at least 4 members (excludes halogenated alkanes) is 6. The average Bonchev–Trinajstić information content (AvgIpc) is 2.84. The summed E-state index contributed by atoms with van der Waals surface area (Å²) in [5.74, 6) is 1.76. The standard InChI is InChI=1S/C28H42N2O3/c1-5-7-8-9-10-11-12-17-32-26-19-29-28(30-20-26)25-15-13-24(14-16-25)23(4)18-27(31)33-21-22(3)6-2/h13-16,19-20,22-23H,5-12,17-18,21H2,1-4H3. The van der Waals surface area contributed by atoms with E-state index in [0.717, 1.165) is 24.0 Å². The summed E-state index contributed by atoms with van der Waals surface area (Å²) < 4.78 is 11.2. The van der Waals surface area contributed by atoms with Crippen molar-refractivity contribution in [3.8, 4) is 17.1 Å². The Hall–Kier alpha value is -2.43. The maximum absolute atomic E-state index is 12.1. The van der Waals surface area contributed by atoms with Crippen LogP contribution in [-0.2, 0) is 9.53 Å². The van der Waals surface area contributed by atoms with E-state index in [9.17, 15) is 4.79 Å². The number of hydrogen-bond donors (Lipinski definition) is 0. The zero-order valence-corrected chi connectivity index (χ0v) is 21.0. The maximum atomic E-state index is 12.1. The minimum absolute atomic E-state index is 0.104. The molecule has 1 aromatic heterocycles. The van der Waals surface area contributed by atoms with Gasteiger partial charge in [0.05, 0.1) is 32.0 Å². The van der Waals surface area contributed by atoms with E-state index in [0.29, 0.717) is 37.1 Å². The molecule has 2 aromatic rings. The predicted octanol–water partition coefficient (Wildman–Crippen LogP) is 7.36. The van der Waals surface area contributed by atoms with Crippen LogP contribution in [0.3, 0.4) is 0 Å². The van der Waals surface area contributed by atoms with Crippen LogP contribution < -0.4 is 4.74 Å². The molecule has 0 aliphatic carbocycles. The Morgan fingerprint density at radius 2 is 1.55 bits per heavy atom. The Morgan fingerprint density at radius 3 is 2.18 bits per heavy atom. The minimum Gasteiger partial charge on any atom is -0.490 e. The summed E-state index contributed by atoms with van der Waals surface area (Å²) in [5.41, 5.74) is 2.05. The zero-order valence-electron chi connectivity index (χ0n) is 21.0. The van der Waals surface area contributed by atoms with E-state index in [1.165, 1.54) is 38.5 Å². The lowest BCUT2D eigenvalue weighted by Crippen LogP contribution is -2.13. The van der Waals surface area contributed by atoms with Crippen molar-refractivity contribution in [3.63, 3.8) is 0 Å². The summed E-state index contributed by atoms with van der Waals surface area (Å²) in [5, 5.41) is 0. The number of nitrogens with zero attached hydrogens (tertiary/aromatic N) is 2. The van der Waals surface area contributed by atoms with Crippen molar-refractivity contribution in [1.82, 2.24) is 9.97 Å². The highest BCUT2D eigenvalue weighted by Crippen LogP contribution is 2.24. The molecule has 0 amide bonds. The van der Waals surface area contributed by atoms with Gasteiger partial charge in [0.1, 0.15) is 0 Å². The summed E-state index contributed by atoms with van der Waals surface area (Å²) in [6.07, 6.45) is 13.8. The average molecular weight is 455 g/mol. The third kappa shape index (κ3) is 10.4. The summed E-state index contributed by atoms with van der Waals surface area (Å²) in [6.45, 7) is 9.69. The molecule has 182 valence electrons. The van der Waals surface area contributed by atoms with Gasteiger partial charge in [-0.25, -0.2) is 9.97 Å². The number of rotatable bonds is 16. The maximum Gasteiger partial charge on any atom is 0.306 e. The van der Waals surface area contributed by atoms with Gasteiger partial charge in [0.15, 0.2) is 11.6 Å². The molecule has 0 spiro atoms. The van der Waals surface area contributed by atoms with Crippen LogP contribution in [0.15, 0.2) is 36.7 Å². The van der Waals surface area contributed by atoms with Gasteiger partial charge in [0, 0.05) is 5.56 Å². The summed E-state index contributed by atoms with van der Waals surface area (Å²) in [4.78, 5) is 21.0. The third-order valence-corrected chi connectivity index (χ3v) is 6.08. The number of benzene rings is 1. The number of esters is 1. The van der Waals surface area contributed by atoms with Crippen molar-refractivity contribution in [1.29, 1.82) is 0 Å². The van der Waals surface area contributed by atoms with Crippen LogP contribution in [0.4, 0.5) is 0 Å². The van der Waals surface area contributed by atoms with E-state index in [1.807, 2.05) is 31.2 Å². The largest absolute Gasteiger partial charge is 0.490 e. The van der Waals surface area contributed by atoms with Crippen molar-refractivity contribution in [2.75, 3.05) is 13.2 Å². The van der Waals surface area contributed by atoms with Gasteiger partial charge in [-0.1, -0.05) is 96.9 Å². The quantitative estimate of drug-likeness (QED) is 0.196. The highest BCUT2D eigenvalue weighted by molar-refractivity contribution is 5.70. The molecule has 1 aromatic carbocycles. The molecule has 33 heavy (non-hydrogen) atoms. The molecule has 2 rings (SSSR count). The fourth-order valence-corrected chi connectivity index (χ4v) is 3.53. The van der Waals surface area contributed by atoms with Crippen molar-refractivity contribution in [3.05, 3.63) is 42.2 Å². The fourth-order valence-electron chi connectivity index (χ4n) is 3.53. The molecule has 2 unspecified atom stereocenters. The molecular formula is C28H42N2O3. The molecule has 2 atom stereocenters. The second-order valence-electron chi connectivity index (χ2n) is 9.14. The van der Waals surface area contributed by atoms with Crippen LogP contribution in [-0.4, -0.2) is 29.2 Å². The molecular weight excluding hydrogens is 412 g/mol. The summed E-state index contributed by atoms with van der Waals surface area (Å²) >= 11 is 0. The Balaban J connectivity index is 1.75. The van der Waals surface area contributed by atoms with Crippen molar-refractivity contribution in [2.45, 2.75) is 91.4 Å². The third-order valence-electron chi connectivity index (χ3n) is 6.08. The van der Waals surface area contributed by atoms with E-state index in [1.54, 1.807) is 12.4 Å². The molecule has 0 fully saturated rings. The second kappa shape index (κ2) is 15.4. The van der Waals surface area contributed by atoms with E-state index in [4.69, 9.17) is 9.47 Å². The molecule has 0 radical (unpaired) electrons. The number of carbonyl (C=O) groups excluding carboxylic acids is 1. The first-order valence-corrected chi connectivity index (χ1v) is 12.7. The van der Waals surface area contributed by atoms with E-state index in [2.05, 4.69) is 30.7 Å². The topological polar surface area (TPSA) is 61.3 Å². The van der Waals surface area contributed by atoms with Crippen LogP contribution in [0, 0.1) is 5.92 Å². The van der Waals surface area contributed by atoms with E-state index in [-0.39, 0.29) is 11.9 Å². The Kier molecular flexibility index (Phi) is 12.5. The molecule has 5 nitrogen and oxygen atoms in total. The Labute approximate surface area is 200 Å². The molecule has 5 heteroatoms. The van der Waals surface area contributed by atoms with Gasteiger partial charge in [-0.2, -0.15) is 0 Å². The molecule has 0 saturated heterocycles. The van der Waals surface area contributed by atoms with Crippen LogP contribution >= 0.6 is 0 Å².